The molecule has 0 aliphatic carbocycles. The number of sulfonamides is 1. The van der Waals surface area contributed by atoms with E-state index >= 15 is 0 Å². The van der Waals surface area contributed by atoms with Crippen LogP contribution in [-0.4, -0.2) is 61.3 Å². The number of benzene rings is 2. The maximum atomic E-state index is 13.7. The van der Waals surface area contributed by atoms with Crippen LogP contribution in [0.4, 0.5) is 10.1 Å². The number of carbonyl (C=O) groups excluding carboxylic acids is 1. The molecule has 3 heterocycles. The molecule has 9 nitrogen and oxygen atoms in total. The van der Waals surface area contributed by atoms with E-state index in [1.807, 2.05) is 6.07 Å². The second-order valence-electron chi connectivity index (χ2n) is 10.0. The molecule has 4 aromatic rings. The van der Waals surface area contributed by atoms with Gasteiger partial charge in [0.05, 0.1) is 17.0 Å². The molecular weight excluding hydrogens is 567 g/mol. The highest BCUT2D eigenvalue weighted by atomic mass is 32.2. The summed E-state index contributed by atoms with van der Waals surface area (Å²) in [5.41, 5.74) is 3.22. The minimum Gasteiger partial charge on any atom is -0.455 e. The van der Waals surface area contributed by atoms with E-state index in [2.05, 4.69) is 10.3 Å². The molecule has 2 atom stereocenters. The van der Waals surface area contributed by atoms with E-state index < -0.39 is 26.8 Å². The number of nitrogens with zero attached hydrogens (tertiary/aromatic N) is 3. The molecular formula is C29H31FN4O5S2. The summed E-state index contributed by atoms with van der Waals surface area (Å²) in [5, 5.41) is 3.20. The van der Waals surface area contributed by atoms with Crippen molar-refractivity contribution in [3.8, 4) is 11.3 Å². The zero-order chi connectivity index (χ0) is 29.3. The van der Waals surface area contributed by atoms with Crippen molar-refractivity contribution >= 4 is 43.6 Å². The Morgan fingerprint density at radius 1 is 1.24 bits per heavy atom. The Morgan fingerprint density at radius 3 is 2.66 bits per heavy atom. The molecule has 0 bridgehead atoms. The van der Waals surface area contributed by atoms with Gasteiger partial charge in [-0.1, -0.05) is 6.07 Å². The number of pyridine rings is 1. The predicted molar refractivity (Wildman–Crippen MR) is 158 cm³/mol. The summed E-state index contributed by atoms with van der Waals surface area (Å²) in [5.74, 6) is -0.879. The van der Waals surface area contributed by atoms with Crippen molar-refractivity contribution in [1.29, 1.82) is 0 Å². The number of hydrogen-bond acceptors (Lipinski definition) is 6. The van der Waals surface area contributed by atoms with Crippen LogP contribution in [0.15, 0.2) is 65.3 Å². The molecule has 216 valence electrons. The van der Waals surface area contributed by atoms with Gasteiger partial charge in [0.15, 0.2) is 0 Å². The number of piperidine rings is 1. The molecule has 5 rings (SSSR count). The van der Waals surface area contributed by atoms with Gasteiger partial charge in [0, 0.05) is 62.9 Å². The van der Waals surface area contributed by atoms with Crippen molar-refractivity contribution in [2.24, 2.45) is 0 Å². The minimum absolute atomic E-state index is 0.151. The predicted octanol–water partition coefficient (Wildman–Crippen LogP) is 4.43. The molecule has 41 heavy (non-hydrogen) atoms. The zero-order valence-corrected chi connectivity index (χ0v) is 24.6. The van der Waals surface area contributed by atoms with E-state index in [-0.39, 0.29) is 29.9 Å². The highest BCUT2D eigenvalue weighted by molar-refractivity contribution is 7.88. The molecule has 1 amide bonds. The monoisotopic (exact) mass is 598 g/mol. The lowest BCUT2D eigenvalue weighted by Crippen LogP contribution is -2.40. The Kier molecular flexibility index (Phi) is 8.25. The van der Waals surface area contributed by atoms with Gasteiger partial charge in [-0.05, 0) is 66.3 Å². The Balaban J connectivity index is 1.61. The lowest BCUT2D eigenvalue weighted by atomic mass is 9.89. The maximum absolute atomic E-state index is 13.7. The Labute approximate surface area is 241 Å². The number of furan rings is 1. The molecule has 1 aliphatic heterocycles. The fourth-order valence-corrected chi connectivity index (χ4v) is 7.30. The summed E-state index contributed by atoms with van der Waals surface area (Å²) >= 11 is 0. The van der Waals surface area contributed by atoms with Crippen molar-refractivity contribution in [3.05, 3.63) is 83.4 Å². The molecule has 12 heteroatoms. The third-order valence-electron chi connectivity index (χ3n) is 7.41. The summed E-state index contributed by atoms with van der Waals surface area (Å²) in [6.07, 6.45) is 6.06. The van der Waals surface area contributed by atoms with Gasteiger partial charge in [-0.2, -0.15) is 0 Å². The largest absolute Gasteiger partial charge is 0.455 e. The molecule has 0 radical (unpaired) electrons. The van der Waals surface area contributed by atoms with Crippen LogP contribution in [0.2, 0.25) is 0 Å². The van der Waals surface area contributed by atoms with Crippen LogP contribution in [0.5, 0.6) is 0 Å². The van der Waals surface area contributed by atoms with Gasteiger partial charge in [0.1, 0.15) is 28.1 Å². The van der Waals surface area contributed by atoms with Gasteiger partial charge < -0.3 is 9.73 Å². The molecule has 1 N–H and O–H groups in total. The summed E-state index contributed by atoms with van der Waals surface area (Å²) in [6, 6.07) is 12.7. The van der Waals surface area contributed by atoms with Crippen molar-refractivity contribution in [3.63, 3.8) is 0 Å². The number of anilines is 1. The van der Waals surface area contributed by atoms with E-state index in [1.54, 1.807) is 60.3 Å². The van der Waals surface area contributed by atoms with Crippen molar-refractivity contribution < 1.29 is 26.2 Å². The molecule has 1 unspecified atom stereocenters. The van der Waals surface area contributed by atoms with Crippen LogP contribution < -0.4 is 9.62 Å². The van der Waals surface area contributed by atoms with Crippen molar-refractivity contribution in [2.45, 2.75) is 24.5 Å². The molecule has 1 aliphatic rings. The van der Waals surface area contributed by atoms with E-state index in [0.717, 1.165) is 5.56 Å². The van der Waals surface area contributed by atoms with E-state index in [9.17, 15) is 21.8 Å². The first kappa shape index (κ1) is 28.9. The first-order chi connectivity index (χ1) is 19.6. The number of carbonyl (C=O) groups is 1. The maximum Gasteiger partial charge on any atom is 0.255 e. The van der Waals surface area contributed by atoms with Crippen LogP contribution >= 0.6 is 0 Å². The molecule has 0 saturated carbocycles. The van der Waals surface area contributed by atoms with Crippen LogP contribution in [0.25, 0.3) is 22.3 Å². The van der Waals surface area contributed by atoms with Crippen molar-refractivity contribution in [2.75, 3.05) is 37.7 Å². The fourth-order valence-electron chi connectivity index (χ4n) is 5.28. The van der Waals surface area contributed by atoms with Gasteiger partial charge in [-0.3, -0.25) is 14.1 Å². The van der Waals surface area contributed by atoms with Crippen LogP contribution in [0.1, 0.15) is 40.2 Å². The molecule has 2 aromatic heterocycles. The molecule has 0 spiro atoms. The summed E-state index contributed by atoms with van der Waals surface area (Å²) in [6.45, 7) is 0.638. The minimum atomic E-state index is -3.62. The second-order valence-corrected chi connectivity index (χ2v) is 13.4. The van der Waals surface area contributed by atoms with Gasteiger partial charge in [0.25, 0.3) is 5.91 Å². The van der Waals surface area contributed by atoms with Crippen molar-refractivity contribution in [1.82, 2.24) is 14.6 Å². The normalized spacial score (nSPS) is 16.9. The number of fused-ring (bicyclic) bond motifs is 1. The van der Waals surface area contributed by atoms with Gasteiger partial charge >= 0.3 is 0 Å². The lowest BCUT2D eigenvalue weighted by Gasteiger charge is -2.34. The average Bonchev–Trinajstić information content (AvgIpc) is 3.35. The third-order valence-corrected chi connectivity index (χ3v) is 10.2. The average molecular weight is 599 g/mol. The quantitative estimate of drug-likeness (QED) is 0.321. The first-order valence-electron chi connectivity index (χ1n) is 13.1. The highest BCUT2D eigenvalue weighted by Crippen LogP contribution is 2.42. The Bertz CT molecular complexity index is 1710. The van der Waals surface area contributed by atoms with Gasteiger partial charge in [-0.15, -0.1) is 0 Å². The summed E-state index contributed by atoms with van der Waals surface area (Å²) < 4.78 is 62.3. The zero-order valence-electron chi connectivity index (χ0n) is 23.0. The number of rotatable bonds is 8. The Hall–Kier alpha value is -3.61. The molecule has 2 aromatic carbocycles. The van der Waals surface area contributed by atoms with Crippen LogP contribution in [0.3, 0.4) is 0 Å². The smallest absolute Gasteiger partial charge is 0.255 e. The third kappa shape index (κ3) is 5.90. The lowest BCUT2D eigenvalue weighted by molar-refractivity contribution is 0.0964. The molecule has 1 saturated heterocycles. The summed E-state index contributed by atoms with van der Waals surface area (Å²) in [7, 11) is -1.79. The van der Waals surface area contributed by atoms with E-state index in [0.29, 0.717) is 52.7 Å². The van der Waals surface area contributed by atoms with E-state index in [1.165, 1.54) is 23.5 Å². The highest BCUT2D eigenvalue weighted by Gasteiger charge is 2.33. The molecule has 1 fully saturated rings. The number of amides is 1. The number of aromatic nitrogens is 1. The Morgan fingerprint density at radius 2 is 2.00 bits per heavy atom. The SMILES string of the molecule is CNC(=O)c1c(-c2ccc(F)cc2)oc2cc(N(C)S(C)=O)c([C@H]3CCCN(S(=O)(=O)Cc4cccnc4)C3)cc12. The number of hydrogen-bond donors (Lipinski definition) is 1. The topological polar surface area (TPSA) is 113 Å². The van der Waals surface area contributed by atoms with E-state index in [4.69, 9.17) is 4.42 Å². The van der Waals surface area contributed by atoms with Gasteiger partial charge in [0.2, 0.25) is 10.0 Å². The standard InChI is InChI=1S/C29H31FN4O5S2/c1-31-29(35)27-24-14-23(21-7-5-13-34(17-21)41(37,38)18-19-6-4-12-32-16-19)25(33(2)40(3)36)15-26(24)39-28(27)20-8-10-22(30)11-9-20/h4,6,8-12,14-16,21H,5,7,13,17-18H2,1-3H3,(H,31,35)/t21-,40?/m0/s1. The number of halogens is 1. The second kappa shape index (κ2) is 11.7. The number of nitrogens with one attached hydrogen (secondary N) is 1. The first-order valence-corrected chi connectivity index (χ1v) is 16.2. The van der Waals surface area contributed by atoms with Crippen LogP contribution in [-0.2, 0) is 26.8 Å². The summed E-state index contributed by atoms with van der Waals surface area (Å²) in [4.78, 5) is 17.2. The fraction of sp³-hybridized carbons (Fsp3) is 0.310. The van der Waals surface area contributed by atoms with Gasteiger partial charge in [-0.25, -0.2) is 21.3 Å². The van der Waals surface area contributed by atoms with Crippen LogP contribution in [0, 0.1) is 5.82 Å².